The molecule has 5 atom stereocenters. The number of hydrogen-bond acceptors (Lipinski definition) is 11. The van der Waals surface area contributed by atoms with Crippen molar-refractivity contribution < 1.29 is 47.7 Å². The number of hydrogen-bond donors (Lipinski definition) is 1. The molecular formula is C22H27NO10S. The van der Waals surface area contributed by atoms with Crippen molar-refractivity contribution in [3.05, 3.63) is 34.2 Å². The van der Waals surface area contributed by atoms with Crippen LogP contribution in [-0.4, -0.2) is 67.9 Å². The van der Waals surface area contributed by atoms with E-state index in [0.29, 0.717) is 0 Å². The van der Waals surface area contributed by atoms with E-state index in [-0.39, 0.29) is 5.76 Å². The highest BCUT2D eigenvalue weighted by Gasteiger charge is 2.48. The smallest absolute Gasteiger partial charge is 0.373 e. The first-order valence-electron chi connectivity index (χ1n) is 10.3. The average Bonchev–Trinajstić information content (AvgIpc) is 3.28. The van der Waals surface area contributed by atoms with Crippen LogP contribution in [-0.2, 0) is 47.7 Å². The summed E-state index contributed by atoms with van der Waals surface area (Å²) >= 11 is 1.38. The Morgan fingerprint density at radius 3 is 2.24 bits per heavy atom. The van der Waals surface area contributed by atoms with E-state index in [0.717, 1.165) is 25.6 Å². The summed E-state index contributed by atoms with van der Waals surface area (Å²) in [5, 5.41) is 4.60. The van der Waals surface area contributed by atoms with Crippen LogP contribution in [0.4, 0.5) is 0 Å². The Balaban J connectivity index is 2.62. The minimum absolute atomic E-state index is 0.182. The fourth-order valence-corrected chi connectivity index (χ4v) is 4.36. The van der Waals surface area contributed by atoms with Crippen LogP contribution in [0.1, 0.15) is 38.5 Å². The van der Waals surface area contributed by atoms with E-state index >= 15 is 0 Å². The summed E-state index contributed by atoms with van der Waals surface area (Å²) in [6.45, 7) is 4.26. The van der Waals surface area contributed by atoms with Gasteiger partial charge in [0.2, 0.25) is 11.7 Å². The predicted molar refractivity (Wildman–Crippen MR) is 117 cm³/mol. The van der Waals surface area contributed by atoms with Crippen LogP contribution < -0.4 is 5.32 Å². The zero-order chi connectivity index (χ0) is 25.4. The zero-order valence-electron chi connectivity index (χ0n) is 19.4. The van der Waals surface area contributed by atoms with Crippen molar-refractivity contribution in [2.45, 2.75) is 58.0 Å². The number of carbonyl (C=O) groups excluding carboxylic acids is 5. The number of thiophene rings is 1. The van der Waals surface area contributed by atoms with Crippen LogP contribution in [0.25, 0.3) is 0 Å². The standard InChI is InChI=1S/C22H27NO10S/c1-11(24)23-19-15(18-7-6-8-34-18)9-16(22(28)29-5)33-21(19)20(32-14(4)27)17(31-13(3)26)10-30-12(2)25/h6-9,15,17,19-21H,10H2,1-5H3,(H,23,24)/t15-,17+,19+,20+,21+/m0/s1. The highest BCUT2D eigenvalue weighted by Crippen LogP contribution is 2.37. The maximum atomic E-state index is 12.4. The maximum absolute atomic E-state index is 12.4. The molecule has 1 aromatic rings. The van der Waals surface area contributed by atoms with Gasteiger partial charge in [-0.15, -0.1) is 11.3 Å². The van der Waals surface area contributed by atoms with Gasteiger partial charge in [-0.3, -0.25) is 19.2 Å². The third kappa shape index (κ3) is 7.30. The van der Waals surface area contributed by atoms with E-state index in [9.17, 15) is 24.0 Å². The molecule has 1 aliphatic heterocycles. The van der Waals surface area contributed by atoms with Gasteiger partial charge in [-0.1, -0.05) is 6.07 Å². The van der Waals surface area contributed by atoms with Crippen molar-refractivity contribution in [2.75, 3.05) is 13.7 Å². The molecule has 0 bridgehead atoms. The summed E-state index contributed by atoms with van der Waals surface area (Å²) in [6, 6.07) is 2.75. The number of ether oxygens (including phenoxy) is 5. The second kappa shape index (κ2) is 12.2. The Morgan fingerprint density at radius 2 is 1.74 bits per heavy atom. The Morgan fingerprint density at radius 1 is 1.06 bits per heavy atom. The molecule has 1 aromatic heterocycles. The number of rotatable bonds is 9. The van der Waals surface area contributed by atoms with Crippen molar-refractivity contribution in [3.8, 4) is 0 Å². The third-order valence-corrected chi connectivity index (χ3v) is 5.70. The molecule has 0 fully saturated rings. The Kier molecular flexibility index (Phi) is 9.60. The molecule has 2 rings (SSSR count). The molecule has 2 heterocycles. The van der Waals surface area contributed by atoms with Gasteiger partial charge in [0.25, 0.3) is 0 Å². The second-order valence-corrected chi connectivity index (χ2v) is 8.38. The topological polar surface area (TPSA) is 144 Å². The molecule has 0 unspecified atom stereocenters. The molecule has 1 amide bonds. The number of methoxy groups -OCH3 is 1. The van der Waals surface area contributed by atoms with Crippen molar-refractivity contribution >= 4 is 41.1 Å². The molecule has 0 radical (unpaired) electrons. The van der Waals surface area contributed by atoms with Crippen LogP contribution in [0, 0.1) is 0 Å². The minimum atomic E-state index is -1.37. The van der Waals surface area contributed by atoms with E-state index in [4.69, 9.17) is 23.7 Å². The van der Waals surface area contributed by atoms with Crippen LogP contribution in [0.15, 0.2) is 29.3 Å². The van der Waals surface area contributed by atoms with Crippen molar-refractivity contribution in [1.29, 1.82) is 0 Å². The van der Waals surface area contributed by atoms with Gasteiger partial charge in [0.1, 0.15) is 6.61 Å². The highest BCUT2D eigenvalue weighted by molar-refractivity contribution is 7.10. The molecule has 0 saturated heterocycles. The lowest BCUT2D eigenvalue weighted by atomic mass is 9.86. The molecule has 0 aliphatic carbocycles. The molecule has 1 N–H and O–H groups in total. The lowest BCUT2D eigenvalue weighted by Crippen LogP contribution is -2.59. The lowest BCUT2D eigenvalue weighted by Gasteiger charge is -2.41. The number of amides is 1. The summed E-state index contributed by atoms with van der Waals surface area (Å²) in [5.74, 6) is -4.12. The minimum Gasteiger partial charge on any atom is -0.477 e. The molecule has 186 valence electrons. The molecular weight excluding hydrogens is 470 g/mol. The van der Waals surface area contributed by atoms with Crippen molar-refractivity contribution in [1.82, 2.24) is 5.32 Å². The summed E-state index contributed by atoms with van der Waals surface area (Å²) in [7, 11) is 1.17. The van der Waals surface area contributed by atoms with E-state index in [1.807, 2.05) is 5.38 Å². The van der Waals surface area contributed by atoms with Crippen LogP contribution in [0.5, 0.6) is 0 Å². The lowest BCUT2D eigenvalue weighted by molar-refractivity contribution is -0.188. The van der Waals surface area contributed by atoms with E-state index in [2.05, 4.69) is 5.32 Å². The largest absolute Gasteiger partial charge is 0.477 e. The Hall–Kier alpha value is -3.41. The van der Waals surface area contributed by atoms with E-state index < -0.39 is 66.7 Å². The van der Waals surface area contributed by atoms with Gasteiger partial charge in [-0.2, -0.15) is 0 Å². The van der Waals surface area contributed by atoms with Gasteiger partial charge in [-0.05, 0) is 17.5 Å². The number of esters is 4. The number of nitrogens with one attached hydrogen (secondary N) is 1. The van der Waals surface area contributed by atoms with Gasteiger partial charge in [0, 0.05) is 38.5 Å². The monoisotopic (exact) mass is 497 g/mol. The first-order chi connectivity index (χ1) is 16.0. The predicted octanol–water partition coefficient (Wildman–Crippen LogP) is 1.22. The maximum Gasteiger partial charge on any atom is 0.373 e. The first-order valence-corrected chi connectivity index (χ1v) is 11.2. The van der Waals surface area contributed by atoms with Crippen molar-refractivity contribution in [2.24, 2.45) is 0 Å². The van der Waals surface area contributed by atoms with Gasteiger partial charge in [0.15, 0.2) is 18.3 Å². The molecule has 0 aromatic carbocycles. The molecule has 34 heavy (non-hydrogen) atoms. The highest BCUT2D eigenvalue weighted by atomic mass is 32.1. The summed E-state index contributed by atoms with van der Waals surface area (Å²) in [6.07, 6.45) is -2.38. The van der Waals surface area contributed by atoms with Crippen molar-refractivity contribution in [3.63, 3.8) is 0 Å². The van der Waals surface area contributed by atoms with Crippen LogP contribution >= 0.6 is 11.3 Å². The molecule has 1 aliphatic rings. The SMILES string of the molecule is COC(=O)C1=C[C@@H](c2cccs2)[C@@H](NC(C)=O)[C@H]([C@H](OC(C)=O)[C@@H](COC(C)=O)OC(C)=O)O1. The van der Waals surface area contributed by atoms with Gasteiger partial charge >= 0.3 is 23.9 Å². The Bertz CT molecular complexity index is 941. The van der Waals surface area contributed by atoms with Crippen LogP contribution in [0.2, 0.25) is 0 Å². The van der Waals surface area contributed by atoms with E-state index in [1.165, 1.54) is 31.4 Å². The molecule has 0 spiro atoms. The normalized spacial score (nSPS) is 21.1. The molecule has 0 saturated carbocycles. The van der Waals surface area contributed by atoms with Crippen LogP contribution in [0.3, 0.4) is 0 Å². The molecule has 12 heteroatoms. The third-order valence-electron chi connectivity index (χ3n) is 4.72. The number of carbonyl (C=O) groups is 5. The summed E-state index contributed by atoms with van der Waals surface area (Å²) in [5.41, 5.74) is 0. The van der Waals surface area contributed by atoms with E-state index in [1.54, 1.807) is 12.1 Å². The molecule has 11 nitrogen and oxygen atoms in total. The summed E-state index contributed by atoms with van der Waals surface area (Å²) < 4.78 is 26.5. The summed E-state index contributed by atoms with van der Waals surface area (Å²) in [4.78, 5) is 60.5. The zero-order valence-corrected chi connectivity index (χ0v) is 20.2. The van der Waals surface area contributed by atoms with Gasteiger partial charge in [-0.25, -0.2) is 4.79 Å². The average molecular weight is 498 g/mol. The Labute approximate surface area is 200 Å². The van der Waals surface area contributed by atoms with Gasteiger partial charge < -0.3 is 29.0 Å². The fourth-order valence-electron chi connectivity index (χ4n) is 3.52. The van der Waals surface area contributed by atoms with Gasteiger partial charge in [0.05, 0.1) is 13.2 Å². The first kappa shape index (κ1) is 26.8. The fraction of sp³-hybridized carbons (Fsp3) is 0.500. The quantitative estimate of drug-likeness (QED) is 0.391. The second-order valence-electron chi connectivity index (χ2n) is 7.40.